The van der Waals surface area contributed by atoms with E-state index < -0.39 is 53.9 Å². The van der Waals surface area contributed by atoms with Crippen LogP contribution in [0.3, 0.4) is 0 Å². The van der Waals surface area contributed by atoms with Crippen molar-refractivity contribution >= 4 is 35.7 Å². The lowest BCUT2D eigenvalue weighted by Crippen LogP contribution is -2.58. The molecule has 256 valence electrons. The van der Waals surface area contributed by atoms with Crippen molar-refractivity contribution in [1.82, 2.24) is 21.3 Å². The molecule has 1 saturated heterocycles. The SMILES string of the molecule is NC(=O)[C@H](CCCCNC(=O)O)NC(=O)[C@H](CC1CCOCC1)NC(=O)[C@@H](CCCN=C(N)N)NC(=O)[C@@H](N)Cc1ccccc1. The molecule has 0 bridgehead atoms. The van der Waals surface area contributed by atoms with E-state index in [2.05, 4.69) is 26.3 Å². The summed E-state index contributed by atoms with van der Waals surface area (Å²) < 4.78 is 5.44. The van der Waals surface area contributed by atoms with E-state index in [0.29, 0.717) is 45.3 Å². The van der Waals surface area contributed by atoms with Gasteiger partial charge in [-0.05, 0) is 69.3 Å². The molecule has 0 saturated carbocycles. The second-order valence-corrected chi connectivity index (χ2v) is 11.4. The van der Waals surface area contributed by atoms with Crippen LogP contribution in [-0.4, -0.2) is 91.3 Å². The number of carboxylic acid groups (broad SMARTS) is 1. The van der Waals surface area contributed by atoms with E-state index in [1.807, 2.05) is 30.3 Å². The summed E-state index contributed by atoms with van der Waals surface area (Å²) in [4.78, 5) is 67.0. The summed E-state index contributed by atoms with van der Waals surface area (Å²) in [6, 6.07) is 5.16. The lowest BCUT2D eigenvalue weighted by molar-refractivity contribution is -0.134. The van der Waals surface area contributed by atoms with Crippen LogP contribution in [0.25, 0.3) is 0 Å². The molecule has 1 aromatic carbocycles. The number of carbonyl (C=O) groups is 5. The molecule has 16 nitrogen and oxygen atoms in total. The second kappa shape index (κ2) is 20.6. The zero-order valence-electron chi connectivity index (χ0n) is 26.1. The molecule has 0 unspecified atom stereocenters. The van der Waals surface area contributed by atoms with Crippen LogP contribution in [0.5, 0.6) is 0 Å². The average molecular weight is 648 g/mol. The summed E-state index contributed by atoms with van der Waals surface area (Å²) in [5, 5.41) is 19.1. The van der Waals surface area contributed by atoms with Gasteiger partial charge in [-0.15, -0.1) is 0 Å². The molecule has 0 radical (unpaired) electrons. The van der Waals surface area contributed by atoms with Crippen LogP contribution in [-0.2, 0) is 30.3 Å². The molecule has 16 heteroatoms. The van der Waals surface area contributed by atoms with Gasteiger partial charge in [0.1, 0.15) is 18.1 Å². The molecular weight excluding hydrogens is 598 g/mol. The molecule has 0 aromatic heterocycles. The maximum absolute atomic E-state index is 13.7. The highest BCUT2D eigenvalue weighted by Crippen LogP contribution is 2.21. The average Bonchev–Trinajstić information content (AvgIpc) is 3.01. The Hall–Kier alpha value is -4.44. The van der Waals surface area contributed by atoms with Crippen molar-refractivity contribution in [2.75, 3.05) is 26.3 Å². The predicted molar refractivity (Wildman–Crippen MR) is 171 cm³/mol. The molecule has 0 spiro atoms. The number of hydrogen-bond acceptors (Lipinski definition) is 8. The maximum atomic E-state index is 13.7. The van der Waals surface area contributed by atoms with Crippen molar-refractivity contribution < 1.29 is 33.8 Å². The smallest absolute Gasteiger partial charge is 0.404 e. The summed E-state index contributed by atoms with van der Waals surface area (Å²) >= 11 is 0. The van der Waals surface area contributed by atoms with Crippen LogP contribution in [0.1, 0.15) is 56.9 Å². The van der Waals surface area contributed by atoms with Crippen molar-refractivity contribution in [3.8, 4) is 0 Å². The Bertz CT molecular complexity index is 1160. The number of hydrogen-bond donors (Lipinski definition) is 9. The summed E-state index contributed by atoms with van der Waals surface area (Å²) in [5.74, 6) is -2.54. The third-order valence-electron chi connectivity index (χ3n) is 7.61. The molecule has 1 aliphatic rings. The van der Waals surface area contributed by atoms with Gasteiger partial charge in [-0.25, -0.2) is 4.79 Å². The first-order valence-electron chi connectivity index (χ1n) is 15.6. The van der Waals surface area contributed by atoms with E-state index >= 15 is 0 Å². The summed E-state index contributed by atoms with van der Waals surface area (Å²) in [6.07, 6.45) is 2.28. The minimum absolute atomic E-state index is 0.0631. The Labute approximate surface area is 268 Å². The number of primary amides is 1. The topological polar surface area (TPSA) is 279 Å². The quantitative estimate of drug-likeness (QED) is 0.0463. The van der Waals surface area contributed by atoms with Crippen LogP contribution < -0.4 is 44.2 Å². The number of benzene rings is 1. The third-order valence-corrected chi connectivity index (χ3v) is 7.61. The zero-order valence-corrected chi connectivity index (χ0v) is 26.1. The normalized spacial score (nSPS) is 15.8. The maximum Gasteiger partial charge on any atom is 0.404 e. The third kappa shape index (κ3) is 15.0. The van der Waals surface area contributed by atoms with Crippen LogP contribution in [0.4, 0.5) is 4.79 Å². The van der Waals surface area contributed by atoms with Crippen molar-refractivity contribution in [1.29, 1.82) is 0 Å². The van der Waals surface area contributed by atoms with E-state index in [9.17, 15) is 24.0 Å². The first-order chi connectivity index (χ1) is 22.0. The number of unbranched alkanes of at least 4 members (excludes halogenated alkanes) is 1. The number of nitrogens with one attached hydrogen (secondary N) is 4. The number of carbonyl (C=O) groups excluding carboxylic acids is 4. The number of nitrogens with two attached hydrogens (primary N) is 4. The molecule has 0 aliphatic carbocycles. The Balaban J connectivity index is 2.16. The lowest BCUT2D eigenvalue weighted by atomic mass is 9.91. The number of amides is 5. The molecule has 1 heterocycles. The second-order valence-electron chi connectivity index (χ2n) is 11.4. The Kier molecular flexibility index (Phi) is 16.9. The van der Waals surface area contributed by atoms with Crippen LogP contribution in [0.2, 0.25) is 0 Å². The molecule has 1 fully saturated rings. The fraction of sp³-hybridized carbons (Fsp3) is 0.600. The fourth-order valence-corrected chi connectivity index (χ4v) is 5.06. The summed E-state index contributed by atoms with van der Waals surface area (Å²) in [6.45, 7) is 1.43. The van der Waals surface area contributed by atoms with Gasteiger partial charge >= 0.3 is 6.09 Å². The van der Waals surface area contributed by atoms with Crippen molar-refractivity contribution in [3.05, 3.63) is 35.9 Å². The standard InChI is InChI=1S/C30H49N9O7/c31-21(17-19-7-2-1-3-8-19)26(41)38-23(10-6-14-35-29(33)34)27(42)39-24(18-20-11-15-46-16-12-20)28(43)37-22(25(32)40)9-4-5-13-36-30(44)45/h1-3,7-8,20-24,36H,4-6,9-18,31H2,(H2,32,40)(H,37,43)(H,38,41)(H,39,42)(H,44,45)(H4,33,34,35)/t21-,22-,23+,24-/m0/s1. The first kappa shape index (κ1) is 37.7. The summed E-state index contributed by atoms with van der Waals surface area (Å²) in [5.41, 5.74) is 23.4. The fourth-order valence-electron chi connectivity index (χ4n) is 5.06. The number of rotatable bonds is 20. The van der Waals surface area contributed by atoms with Gasteiger partial charge in [0.15, 0.2) is 5.96 Å². The van der Waals surface area contributed by atoms with Gasteiger partial charge < -0.3 is 54.0 Å². The van der Waals surface area contributed by atoms with E-state index in [-0.39, 0.29) is 50.7 Å². The van der Waals surface area contributed by atoms with Crippen LogP contribution >= 0.6 is 0 Å². The number of aliphatic imine (C=N–C) groups is 1. The largest absolute Gasteiger partial charge is 0.465 e. The van der Waals surface area contributed by atoms with E-state index in [1.165, 1.54) is 0 Å². The van der Waals surface area contributed by atoms with Gasteiger partial charge in [-0.2, -0.15) is 0 Å². The minimum Gasteiger partial charge on any atom is -0.465 e. The molecule has 1 aliphatic heterocycles. The molecule has 2 rings (SSSR count). The van der Waals surface area contributed by atoms with Gasteiger partial charge in [0.2, 0.25) is 23.6 Å². The highest BCUT2D eigenvalue weighted by Gasteiger charge is 2.32. The van der Waals surface area contributed by atoms with Crippen LogP contribution in [0.15, 0.2) is 35.3 Å². The summed E-state index contributed by atoms with van der Waals surface area (Å²) in [7, 11) is 0. The highest BCUT2D eigenvalue weighted by atomic mass is 16.5. The Morgan fingerprint density at radius 1 is 0.848 bits per heavy atom. The first-order valence-corrected chi connectivity index (χ1v) is 15.6. The molecule has 46 heavy (non-hydrogen) atoms. The van der Waals surface area contributed by atoms with E-state index in [0.717, 1.165) is 5.56 Å². The predicted octanol–water partition coefficient (Wildman–Crippen LogP) is -1.20. The van der Waals surface area contributed by atoms with Crippen molar-refractivity contribution in [3.63, 3.8) is 0 Å². The van der Waals surface area contributed by atoms with Gasteiger partial charge in [0.05, 0.1) is 6.04 Å². The number of guanidine groups is 1. The zero-order chi connectivity index (χ0) is 33.9. The number of ether oxygens (including phenoxy) is 1. The van der Waals surface area contributed by atoms with Gasteiger partial charge in [-0.3, -0.25) is 24.2 Å². The monoisotopic (exact) mass is 647 g/mol. The Morgan fingerprint density at radius 2 is 1.46 bits per heavy atom. The molecule has 13 N–H and O–H groups in total. The molecule has 4 atom stereocenters. The Morgan fingerprint density at radius 3 is 2.09 bits per heavy atom. The number of nitrogens with zero attached hydrogens (tertiary/aromatic N) is 1. The van der Waals surface area contributed by atoms with E-state index in [4.69, 9.17) is 32.8 Å². The van der Waals surface area contributed by atoms with Gasteiger partial charge in [0, 0.05) is 26.3 Å². The molecule has 1 aromatic rings. The van der Waals surface area contributed by atoms with Gasteiger partial charge in [-0.1, -0.05) is 30.3 Å². The minimum atomic E-state index is -1.16. The van der Waals surface area contributed by atoms with Crippen molar-refractivity contribution in [2.45, 2.75) is 82.0 Å². The molecule has 5 amide bonds. The lowest BCUT2D eigenvalue weighted by Gasteiger charge is -2.29. The van der Waals surface area contributed by atoms with E-state index in [1.54, 1.807) is 0 Å². The van der Waals surface area contributed by atoms with Crippen LogP contribution in [0, 0.1) is 5.92 Å². The van der Waals surface area contributed by atoms with Crippen molar-refractivity contribution in [2.24, 2.45) is 33.8 Å². The molecular formula is C30H49N9O7. The van der Waals surface area contributed by atoms with Gasteiger partial charge in [0.25, 0.3) is 0 Å². The highest BCUT2D eigenvalue weighted by molar-refractivity contribution is 5.94.